The number of fused-ring (bicyclic) bond motifs is 2. The summed E-state index contributed by atoms with van der Waals surface area (Å²) in [5.41, 5.74) is 2.60. The fraction of sp³-hybridized carbons (Fsp3) is 0.565. The Bertz CT molecular complexity index is 846. The molecule has 1 aromatic carbocycles. The first-order valence-electron chi connectivity index (χ1n) is 10.8. The van der Waals surface area contributed by atoms with Gasteiger partial charge in [-0.3, -0.25) is 9.48 Å². The van der Waals surface area contributed by atoms with Crippen LogP contribution in [0.15, 0.2) is 42.7 Å². The van der Waals surface area contributed by atoms with Gasteiger partial charge in [0.2, 0.25) is 0 Å². The number of nitrogens with one attached hydrogen (secondary N) is 1. The van der Waals surface area contributed by atoms with Crippen molar-refractivity contribution in [1.82, 2.24) is 20.0 Å². The monoisotopic (exact) mass is 414 g/mol. The van der Waals surface area contributed by atoms with Crippen LogP contribution in [0.3, 0.4) is 0 Å². The summed E-state index contributed by atoms with van der Waals surface area (Å²) in [7, 11) is 0. The van der Waals surface area contributed by atoms with E-state index in [0.29, 0.717) is 0 Å². The molecule has 0 radical (unpaired) electrons. The van der Waals surface area contributed by atoms with Gasteiger partial charge in [-0.2, -0.15) is 5.10 Å². The van der Waals surface area contributed by atoms with Gasteiger partial charge in [0.05, 0.1) is 0 Å². The number of carbonyl (C=O) groups excluding carboxylic acids is 1. The third kappa shape index (κ3) is 3.38. The second-order valence-electron chi connectivity index (χ2n) is 8.85. The first kappa shape index (κ1) is 20.4. The molecule has 1 amide bonds. The first-order chi connectivity index (χ1) is 13.7. The number of benzene rings is 1. The average Bonchev–Trinajstić information content (AvgIpc) is 3.30. The Balaban J connectivity index is 0.00000205. The molecule has 1 aliphatic carbocycles. The molecule has 2 aromatic rings. The standard InChI is InChI=1S/C23H30N4O.ClH/c28-21(23(11-14-24-15-12-23)27-17-5-13-25-27)26-16-4-10-22(18-26)9-3-7-19-6-1-2-8-20(19)22;/h1-2,5-6,8,13,17,24H,3-4,7,9-12,14-16,18H2;1H. The van der Waals surface area contributed by atoms with Gasteiger partial charge in [0.25, 0.3) is 5.91 Å². The van der Waals surface area contributed by atoms with Gasteiger partial charge in [-0.05, 0) is 75.2 Å². The van der Waals surface area contributed by atoms with Crippen molar-refractivity contribution >= 4 is 18.3 Å². The van der Waals surface area contributed by atoms with E-state index < -0.39 is 5.54 Å². The second kappa shape index (κ2) is 8.11. The van der Waals surface area contributed by atoms with Crippen LogP contribution >= 0.6 is 12.4 Å². The van der Waals surface area contributed by atoms with E-state index in [9.17, 15) is 4.79 Å². The Morgan fingerprint density at radius 1 is 1.03 bits per heavy atom. The lowest BCUT2D eigenvalue weighted by Crippen LogP contribution is -2.59. The zero-order valence-corrected chi connectivity index (χ0v) is 17.8. The topological polar surface area (TPSA) is 50.2 Å². The molecule has 29 heavy (non-hydrogen) atoms. The number of nitrogens with zero attached hydrogens (tertiary/aromatic N) is 3. The van der Waals surface area contributed by atoms with Crippen molar-refractivity contribution in [2.75, 3.05) is 26.2 Å². The number of aryl methyl sites for hydroxylation is 1. The van der Waals surface area contributed by atoms with Crippen molar-refractivity contribution in [3.8, 4) is 0 Å². The third-order valence-corrected chi connectivity index (χ3v) is 7.33. The molecule has 5 rings (SSSR count). The molecule has 2 aliphatic heterocycles. The lowest BCUT2D eigenvalue weighted by atomic mass is 9.65. The van der Waals surface area contributed by atoms with E-state index in [0.717, 1.165) is 45.4 Å². The Labute approximate surface area is 179 Å². The van der Waals surface area contributed by atoms with E-state index in [1.165, 1.54) is 36.8 Å². The highest BCUT2D eigenvalue weighted by Crippen LogP contribution is 2.44. The third-order valence-electron chi connectivity index (χ3n) is 7.33. The first-order valence-corrected chi connectivity index (χ1v) is 10.8. The number of rotatable bonds is 2. The van der Waals surface area contributed by atoms with Crippen molar-refractivity contribution in [1.29, 1.82) is 0 Å². The van der Waals surface area contributed by atoms with Crippen LogP contribution in [0, 0.1) is 0 Å². The van der Waals surface area contributed by atoms with Crippen LogP contribution in [0.2, 0.25) is 0 Å². The minimum Gasteiger partial charge on any atom is -0.340 e. The van der Waals surface area contributed by atoms with Crippen LogP contribution < -0.4 is 5.32 Å². The van der Waals surface area contributed by atoms with Crippen LogP contribution in [0.5, 0.6) is 0 Å². The zero-order chi connectivity index (χ0) is 19.0. The fourth-order valence-corrected chi connectivity index (χ4v) is 5.93. The van der Waals surface area contributed by atoms with Crippen LogP contribution in [-0.2, 0) is 22.2 Å². The van der Waals surface area contributed by atoms with Crippen molar-refractivity contribution in [3.05, 3.63) is 53.9 Å². The van der Waals surface area contributed by atoms with Crippen LogP contribution in [0.25, 0.3) is 0 Å². The predicted octanol–water partition coefficient (Wildman–Crippen LogP) is 3.28. The smallest absolute Gasteiger partial charge is 0.250 e. The summed E-state index contributed by atoms with van der Waals surface area (Å²) < 4.78 is 1.94. The number of hydrogen-bond donors (Lipinski definition) is 1. The number of carbonyl (C=O) groups is 1. The van der Waals surface area contributed by atoms with Gasteiger partial charge in [-0.15, -0.1) is 12.4 Å². The van der Waals surface area contributed by atoms with E-state index >= 15 is 0 Å². The van der Waals surface area contributed by atoms with Gasteiger partial charge >= 0.3 is 0 Å². The number of amides is 1. The summed E-state index contributed by atoms with van der Waals surface area (Å²) in [5, 5.41) is 7.93. The molecule has 0 saturated carbocycles. The summed E-state index contributed by atoms with van der Waals surface area (Å²) in [6, 6.07) is 10.9. The Morgan fingerprint density at radius 3 is 2.62 bits per heavy atom. The number of piperidine rings is 2. The second-order valence-corrected chi connectivity index (χ2v) is 8.85. The van der Waals surface area contributed by atoms with Gasteiger partial charge in [-0.25, -0.2) is 0 Å². The van der Waals surface area contributed by atoms with Crippen molar-refractivity contribution in [3.63, 3.8) is 0 Å². The van der Waals surface area contributed by atoms with Gasteiger partial charge in [0.15, 0.2) is 0 Å². The maximum absolute atomic E-state index is 13.9. The lowest BCUT2D eigenvalue weighted by Gasteiger charge is -2.49. The summed E-state index contributed by atoms with van der Waals surface area (Å²) >= 11 is 0. The molecule has 1 aromatic heterocycles. The summed E-state index contributed by atoms with van der Waals surface area (Å²) in [5.74, 6) is 0.278. The molecule has 5 nitrogen and oxygen atoms in total. The minimum absolute atomic E-state index is 0. The SMILES string of the molecule is Cl.O=C(N1CCCC2(CCCc3ccccc32)C1)C1(n2cccn2)CCNCC1. The Morgan fingerprint density at radius 2 is 1.83 bits per heavy atom. The lowest BCUT2D eigenvalue weighted by molar-refractivity contribution is -0.145. The predicted molar refractivity (Wildman–Crippen MR) is 116 cm³/mol. The highest BCUT2D eigenvalue weighted by molar-refractivity contribution is 5.85. The summed E-state index contributed by atoms with van der Waals surface area (Å²) in [4.78, 5) is 16.1. The zero-order valence-electron chi connectivity index (χ0n) is 17.0. The number of aromatic nitrogens is 2. The molecule has 1 N–H and O–H groups in total. The molecule has 2 fully saturated rings. The van der Waals surface area contributed by atoms with Gasteiger partial charge in [0, 0.05) is 30.9 Å². The molecule has 3 aliphatic rings. The van der Waals surface area contributed by atoms with Gasteiger partial charge in [-0.1, -0.05) is 24.3 Å². The fourth-order valence-electron chi connectivity index (χ4n) is 5.93. The number of halogens is 1. The molecule has 0 bridgehead atoms. The van der Waals surface area contributed by atoms with Crippen LogP contribution in [0.4, 0.5) is 0 Å². The molecule has 1 spiro atoms. The van der Waals surface area contributed by atoms with Crippen LogP contribution in [-0.4, -0.2) is 46.8 Å². The molecule has 1 atom stereocenters. The molecular weight excluding hydrogens is 384 g/mol. The van der Waals surface area contributed by atoms with Gasteiger partial charge in [0.1, 0.15) is 5.54 Å². The highest BCUT2D eigenvalue weighted by atomic mass is 35.5. The van der Waals surface area contributed by atoms with Crippen LogP contribution in [0.1, 0.15) is 49.7 Å². The Hall–Kier alpha value is -1.85. The van der Waals surface area contributed by atoms with E-state index in [1.807, 2.05) is 16.9 Å². The maximum Gasteiger partial charge on any atom is 0.250 e. The van der Waals surface area contributed by atoms with E-state index in [2.05, 4.69) is 39.6 Å². The molecule has 1 unspecified atom stereocenters. The Kier molecular flexibility index (Phi) is 5.71. The van der Waals surface area contributed by atoms with Gasteiger partial charge < -0.3 is 10.2 Å². The minimum atomic E-state index is -0.526. The van der Waals surface area contributed by atoms with Crippen molar-refractivity contribution in [2.24, 2.45) is 0 Å². The largest absolute Gasteiger partial charge is 0.340 e. The quantitative estimate of drug-likeness (QED) is 0.820. The summed E-state index contributed by atoms with van der Waals surface area (Å²) in [6.07, 6.45) is 11.3. The van der Waals surface area contributed by atoms with E-state index in [-0.39, 0.29) is 23.7 Å². The normalized spacial score (nSPS) is 25.9. The maximum atomic E-state index is 13.9. The molecule has 6 heteroatoms. The number of likely N-dealkylation sites (tertiary alicyclic amines) is 1. The average molecular weight is 415 g/mol. The molecule has 156 valence electrons. The van der Waals surface area contributed by atoms with E-state index in [4.69, 9.17) is 0 Å². The van der Waals surface area contributed by atoms with Crippen molar-refractivity contribution in [2.45, 2.75) is 55.9 Å². The van der Waals surface area contributed by atoms with E-state index in [1.54, 1.807) is 6.20 Å². The molecule has 3 heterocycles. The molecular formula is C23H31ClN4O. The molecule has 2 saturated heterocycles. The summed E-state index contributed by atoms with van der Waals surface area (Å²) in [6.45, 7) is 3.47. The number of hydrogen-bond acceptors (Lipinski definition) is 3. The van der Waals surface area contributed by atoms with Crippen molar-refractivity contribution < 1.29 is 4.79 Å². The highest BCUT2D eigenvalue weighted by Gasteiger charge is 2.48.